The Morgan fingerprint density at radius 2 is 2.09 bits per heavy atom. The second kappa shape index (κ2) is 6.12. The van der Waals surface area contributed by atoms with Crippen LogP contribution in [0.15, 0.2) is 36.8 Å². The van der Waals surface area contributed by atoms with Gasteiger partial charge in [0.15, 0.2) is 0 Å². The standard InChI is InChI=1S/C16H15FN4O2/c1-10-2-3-12(6-13(10)17)20-15(22)11-8-21(9-11)16(23)14-7-18-4-5-19-14/h2-7,11H,8-9H2,1H3,(H,20,22). The third-order valence-corrected chi connectivity index (χ3v) is 3.76. The van der Waals surface area contributed by atoms with Crippen LogP contribution in [0, 0.1) is 18.7 Å². The first-order chi connectivity index (χ1) is 11.0. The molecule has 0 unspecified atom stereocenters. The Balaban J connectivity index is 1.55. The highest BCUT2D eigenvalue weighted by atomic mass is 19.1. The van der Waals surface area contributed by atoms with Crippen molar-refractivity contribution in [2.75, 3.05) is 18.4 Å². The summed E-state index contributed by atoms with van der Waals surface area (Å²) in [6.45, 7) is 2.29. The fraction of sp³-hybridized carbons (Fsp3) is 0.250. The Morgan fingerprint density at radius 1 is 1.30 bits per heavy atom. The van der Waals surface area contributed by atoms with E-state index in [1.807, 2.05) is 0 Å². The molecule has 0 atom stereocenters. The molecule has 3 rings (SSSR count). The van der Waals surface area contributed by atoms with E-state index in [0.717, 1.165) is 0 Å². The molecule has 6 nitrogen and oxygen atoms in total. The summed E-state index contributed by atoms with van der Waals surface area (Å²) in [7, 11) is 0. The van der Waals surface area contributed by atoms with Crippen molar-refractivity contribution >= 4 is 17.5 Å². The number of nitrogens with zero attached hydrogens (tertiary/aromatic N) is 3. The van der Waals surface area contributed by atoms with Crippen LogP contribution < -0.4 is 5.32 Å². The zero-order valence-corrected chi connectivity index (χ0v) is 12.5. The van der Waals surface area contributed by atoms with Crippen molar-refractivity contribution in [1.82, 2.24) is 14.9 Å². The van der Waals surface area contributed by atoms with E-state index in [-0.39, 0.29) is 29.2 Å². The molecule has 23 heavy (non-hydrogen) atoms. The number of hydrogen-bond donors (Lipinski definition) is 1. The van der Waals surface area contributed by atoms with Crippen molar-refractivity contribution in [3.63, 3.8) is 0 Å². The molecule has 1 aliphatic heterocycles. The van der Waals surface area contributed by atoms with Gasteiger partial charge in [-0.2, -0.15) is 0 Å². The van der Waals surface area contributed by atoms with E-state index in [0.29, 0.717) is 24.3 Å². The van der Waals surface area contributed by atoms with Crippen LogP contribution in [0.4, 0.5) is 10.1 Å². The number of carbonyl (C=O) groups is 2. The van der Waals surface area contributed by atoms with Gasteiger partial charge in [0.1, 0.15) is 11.5 Å². The lowest BCUT2D eigenvalue weighted by atomic mass is 9.98. The van der Waals surface area contributed by atoms with E-state index in [1.165, 1.54) is 29.6 Å². The molecule has 0 spiro atoms. The number of rotatable bonds is 3. The Kier molecular flexibility index (Phi) is 4.01. The molecular formula is C16H15FN4O2. The second-order valence-electron chi connectivity index (χ2n) is 5.45. The number of aryl methyl sites for hydroxylation is 1. The highest BCUT2D eigenvalue weighted by Gasteiger charge is 2.36. The monoisotopic (exact) mass is 314 g/mol. The van der Waals surface area contributed by atoms with E-state index in [9.17, 15) is 14.0 Å². The molecular weight excluding hydrogens is 299 g/mol. The zero-order chi connectivity index (χ0) is 16.4. The maximum Gasteiger partial charge on any atom is 0.274 e. The molecule has 7 heteroatoms. The Morgan fingerprint density at radius 3 is 2.74 bits per heavy atom. The van der Waals surface area contributed by atoms with Gasteiger partial charge in [-0.25, -0.2) is 9.37 Å². The van der Waals surface area contributed by atoms with Crippen molar-refractivity contribution in [2.45, 2.75) is 6.92 Å². The second-order valence-corrected chi connectivity index (χ2v) is 5.45. The molecule has 1 saturated heterocycles. The molecule has 118 valence electrons. The lowest BCUT2D eigenvalue weighted by Gasteiger charge is -2.37. The average Bonchev–Trinajstić information content (AvgIpc) is 2.50. The number of nitrogens with one attached hydrogen (secondary N) is 1. The predicted molar refractivity (Wildman–Crippen MR) is 81.2 cm³/mol. The highest BCUT2D eigenvalue weighted by molar-refractivity contribution is 5.97. The van der Waals surface area contributed by atoms with E-state index in [2.05, 4.69) is 15.3 Å². The molecule has 0 saturated carbocycles. The van der Waals surface area contributed by atoms with Crippen LogP contribution in [0.2, 0.25) is 0 Å². The van der Waals surface area contributed by atoms with Crippen molar-refractivity contribution in [2.24, 2.45) is 5.92 Å². The minimum absolute atomic E-state index is 0.226. The van der Waals surface area contributed by atoms with Crippen LogP contribution in [-0.4, -0.2) is 39.8 Å². The van der Waals surface area contributed by atoms with Gasteiger partial charge in [0.2, 0.25) is 5.91 Å². The van der Waals surface area contributed by atoms with Crippen molar-refractivity contribution in [3.05, 3.63) is 53.9 Å². The van der Waals surface area contributed by atoms with E-state index >= 15 is 0 Å². The summed E-state index contributed by atoms with van der Waals surface area (Å²) in [5.41, 5.74) is 1.19. The van der Waals surface area contributed by atoms with Gasteiger partial charge < -0.3 is 10.2 Å². The maximum absolute atomic E-state index is 13.5. The normalized spacial score (nSPS) is 14.3. The molecule has 1 fully saturated rings. The molecule has 1 N–H and O–H groups in total. The van der Waals surface area contributed by atoms with Crippen molar-refractivity contribution in [3.8, 4) is 0 Å². The minimum atomic E-state index is -0.365. The Hall–Kier alpha value is -2.83. The minimum Gasteiger partial charge on any atom is -0.336 e. The number of benzene rings is 1. The summed E-state index contributed by atoms with van der Waals surface area (Å²) in [6, 6.07) is 4.54. The Labute approximate surface area is 132 Å². The average molecular weight is 314 g/mol. The number of aromatic nitrogens is 2. The van der Waals surface area contributed by atoms with E-state index in [1.54, 1.807) is 19.1 Å². The number of halogens is 1. The number of anilines is 1. The number of carbonyl (C=O) groups excluding carboxylic acids is 2. The van der Waals surface area contributed by atoms with Gasteiger partial charge in [-0.05, 0) is 24.6 Å². The third kappa shape index (κ3) is 3.18. The van der Waals surface area contributed by atoms with Crippen LogP contribution >= 0.6 is 0 Å². The topological polar surface area (TPSA) is 75.2 Å². The molecule has 0 bridgehead atoms. The lowest BCUT2D eigenvalue weighted by molar-refractivity contribution is -0.123. The van der Waals surface area contributed by atoms with E-state index in [4.69, 9.17) is 0 Å². The predicted octanol–water partition coefficient (Wildman–Crippen LogP) is 1.63. The number of hydrogen-bond acceptors (Lipinski definition) is 4. The summed E-state index contributed by atoms with van der Waals surface area (Å²) >= 11 is 0. The summed E-state index contributed by atoms with van der Waals surface area (Å²) in [5, 5.41) is 2.67. The van der Waals surface area contributed by atoms with Crippen LogP contribution in [0.25, 0.3) is 0 Å². The fourth-order valence-electron chi connectivity index (χ4n) is 2.30. The smallest absolute Gasteiger partial charge is 0.274 e. The van der Waals surface area contributed by atoms with Crippen LogP contribution in [0.5, 0.6) is 0 Å². The SMILES string of the molecule is Cc1ccc(NC(=O)C2CN(C(=O)c3cnccn3)C2)cc1F. The van der Waals surface area contributed by atoms with Crippen molar-refractivity contribution < 1.29 is 14.0 Å². The fourth-order valence-corrected chi connectivity index (χ4v) is 2.30. The largest absolute Gasteiger partial charge is 0.336 e. The summed E-state index contributed by atoms with van der Waals surface area (Å²) in [4.78, 5) is 33.5. The molecule has 2 amide bonds. The molecule has 2 heterocycles. The van der Waals surface area contributed by atoms with Gasteiger partial charge in [0, 0.05) is 31.2 Å². The molecule has 1 aliphatic rings. The first-order valence-corrected chi connectivity index (χ1v) is 7.17. The summed E-state index contributed by atoms with van der Waals surface area (Å²) < 4.78 is 13.5. The van der Waals surface area contributed by atoms with Crippen LogP contribution in [0.1, 0.15) is 16.1 Å². The summed E-state index contributed by atoms with van der Waals surface area (Å²) in [6.07, 6.45) is 4.33. The quantitative estimate of drug-likeness (QED) is 0.934. The first kappa shape index (κ1) is 15.1. The summed E-state index contributed by atoms with van der Waals surface area (Å²) in [5.74, 6) is -1.14. The van der Waals surface area contributed by atoms with Gasteiger partial charge in [-0.1, -0.05) is 6.07 Å². The molecule has 1 aromatic carbocycles. The molecule has 1 aromatic heterocycles. The van der Waals surface area contributed by atoms with Crippen molar-refractivity contribution in [1.29, 1.82) is 0 Å². The maximum atomic E-state index is 13.5. The molecule has 0 aliphatic carbocycles. The van der Waals surface area contributed by atoms with Gasteiger partial charge in [-0.15, -0.1) is 0 Å². The first-order valence-electron chi connectivity index (χ1n) is 7.17. The zero-order valence-electron chi connectivity index (χ0n) is 12.5. The Bertz CT molecular complexity index is 745. The molecule has 0 radical (unpaired) electrons. The highest BCUT2D eigenvalue weighted by Crippen LogP contribution is 2.21. The number of amides is 2. The number of likely N-dealkylation sites (tertiary alicyclic amines) is 1. The van der Waals surface area contributed by atoms with E-state index < -0.39 is 0 Å². The van der Waals surface area contributed by atoms with Crippen LogP contribution in [0.3, 0.4) is 0 Å². The van der Waals surface area contributed by atoms with Crippen LogP contribution in [-0.2, 0) is 4.79 Å². The molecule has 2 aromatic rings. The van der Waals surface area contributed by atoms with Gasteiger partial charge in [-0.3, -0.25) is 14.6 Å². The van der Waals surface area contributed by atoms with Gasteiger partial charge in [0.05, 0.1) is 12.1 Å². The van der Waals surface area contributed by atoms with Gasteiger partial charge in [0.25, 0.3) is 5.91 Å². The lowest BCUT2D eigenvalue weighted by Crippen LogP contribution is -2.54. The van der Waals surface area contributed by atoms with Gasteiger partial charge >= 0.3 is 0 Å². The third-order valence-electron chi connectivity index (χ3n) is 3.76.